The first-order chi connectivity index (χ1) is 15.4. The molecule has 3 aromatic carbocycles. The molecule has 166 valence electrons. The molecule has 0 spiro atoms. The van der Waals surface area contributed by atoms with Gasteiger partial charge in [-0.3, -0.25) is 9.59 Å². The minimum atomic E-state index is -0.746. The molecule has 2 N–H and O–H groups in total. The summed E-state index contributed by atoms with van der Waals surface area (Å²) in [6.45, 7) is 4.17. The monoisotopic (exact) mass is 456 g/mol. The average molecular weight is 457 g/mol. The van der Waals surface area contributed by atoms with Gasteiger partial charge in [-0.2, -0.15) is 0 Å². The number of carbonyl (C=O) groups is 2. The molecule has 3 aromatic rings. The van der Waals surface area contributed by atoms with E-state index in [1.807, 2.05) is 6.07 Å². The van der Waals surface area contributed by atoms with Crippen molar-refractivity contribution < 1.29 is 23.5 Å². The van der Waals surface area contributed by atoms with Crippen molar-refractivity contribution in [1.82, 2.24) is 0 Å². The molecule has 6 nitrogen and oxygen atoms in total. The van der Waals surface area contributed by atoms with Gasteiger partial charge in [-0.1, -0.05) is 35.9 Å². The highest BCUT2D eigenvalue weighted by Gasteiger charge is 2.20. The lowest BCUT2D eigenvalue weighted by atomic mass is 10.1. The number of anilines is 2. The van der Waals surface area contributed by atoms with Crippen molar-refractivity contribution in [2.24, 2.45) is 0 Å². The van der Waals surface area contributed by atoms with Crippen molar-refractivity contribution >= 4 is 34.8 Å². The Morgan fingerprint density at radius 1 is 0.844 bits per heavy atom. The van der Waals surface area contributed by atoms with E-state index in [9.17, 15) is 14.0 Å². The lowest BCUT2D eigenvalue weighted by Gasteiger charge is -2.18. The van der Waals surface area contributed by atoms with Gasteiger partial charge in [0.05, 0.1) is 35.2 Å². The van der Waals surface area contributed by atoms with Crippen LogP contribution in [-0.2, 0) is 0 Å². The van der Waals surface area contributed by atoms with Crippen LogP contribution in [-0.4, -0.2) is 25.0 Å². The fourth-order valence-corrected chi connectivity index (χ4v) is 3.24. The Morgan fingerprint density at radius 2 is 1.41 bits per heavy atom. The third kappa shape index (κ3) is 5.36. The molecular weight excluding hydrogens is 435 g/mol. The molecule has 2 amide bonds. The summed E-state index contributed by atoms with van der Waals surface area (Å²) in [5.41, 5.74) is 0.805. The van der Waals surface area contributed by atoms with Gasteiger partial charge in [-0.05, 0) is 38.1 Å². The van der Waals surface area contributed by atoms with Crippen molar-refractivity contribution in [3.63, 3.8) is 0 Å². The van der Waals surface area contributed by atoms with Gasteiger partial charge in [0.2, 0.25) is 0 Å². The number of nitrogens with one attached hydrogen (secondary N) is 2. The molecule has 0 aliphatic carbocycles. The molecule has 32 heavy (non-hydrogen) atoms. The van der Waals surface area contributed by atoms with E-state index in [0.29, 0.717) is 30.2 Å². The Kier molecular flexibility index (Phi) is 7.68. The number of carbonyl (C=O) groups excluding carboxylic acids is 2. The smallest absolute Gasteiger partial charge is 0.260 e. The number of halogens is 2. The zero-order chi connectivity index (χ0) is 23.1. The van der Waals surface area contributed by atoms with Crippen LogP contribution in [0.15, 0.2) is 60.7 Å². The number of benzene rings is 3. The Bertz CT molecular complexity index is 1100. The molecule has 0 saturated heterocycles. The first-order valence-corrected chi connectivity index (χ1v) is 10.4. The number of ether oxygens (including phenoxy) is 2. The Balaban J connectivity index is 1.96. The van der Waals surface area contributed by atoms with Gasteiger partial charge < -0.3 is 20.1 Å². The third-order valence-corrected chi connectivity index (χ3v) is 4.72. The summed E-state index contributed by atoms with van der Waals surface area (Å²) in [4.78, 5) is 25.4. The highest BCUT2D eigenvalue weighted by Crippen LogP contribution is 2.37. The number of rotatable bonds is 8. The minimum Gasteiger partial charge on any atom is -0.492 e. The first kappa shape index (κ1) is 23.1. The maximum Gasteiger partial charge on any atom is 0.260 e. The zero-order valence-corrected chi connectivity index (χ0v) is 18.3. The lowest BCUT2D eigenvalue weighted by molar-refractivity contribution is 0.101. The maximum atomic E-state index is 14.2. The minimum absolute atomic E-state index is 0.0164. The van der Waals surface area contributed by atoms with Crippen LogP contribution in [0.4, 0.5) is 15.8 Å². The highest BCUT2D eigenvalue weighted by molar-refractivity contribution is 6.34. The van der Waals surface area contributed by atoms with Gasteiger partial charge in [0, 0.05) is 17.7 Å². The van der Waals surface area contributed by atoms with Crippen LogP contribution < -0.4 is 20.1 Å². The van der Waals surface area contributed by atoms with E-state index in [4.69, 9.17) is 21.1 Å². The number of hydrogen-bond acceptors (Lipinski definition) is 4. The molecule has 0 unspecified atom stereocenters. The average Bonchev–Trinajstić information content (AvgIpc) is 2.77. The molecule has 8 heteroatoms. The predicted molar refractivity (Wildman–Crippen MR) is 123 cm³/mol. The van der Waals surface area contributed by atoms with Gasteiger partial charge in [0.1, 0.15) is 17.3 Å². The van der Waals surface area contributed by atoms with Crippen LogP contribution in [0.5, 0.6) is 11.5 Å². The summed E-state index contributed by atoms with van der Waals surface area (Å²) >= 11 is 6.01. The van der Waals surface area contributed by atoms with Crippen LogP contribution in [0.3, 0.4) is 0 Å². The quantitative estimate of drug-likeness (QED) is 0.450. The molecule has 0 aliphatic heterocycles. The van der Waals surface area contributed by atoms with Crippen molar-refractivity contribution in [3.8, 4) is 11.5 Å². The lowest BCUT2D eigenvalue weighted by Crippen LogP contribution is -2.17. The zero-order valence-electron chi connectivity index (χ0n) is 17.6. The molecule has 0 aromatic heterocycles. The largest absolute Gasteiger partial charge is 0.492 e. The summed E-state index contributed by atoms with van der Waals surface area (Å²) in [5.74, 6) is -1.22. The van der Waals surface area contributed by atoms with Gasteiger partial charge >= 0.3 is 0 Å². The van der Waals surface area contributed by atoms with E-state index in [1.165, 1.54) is 18.2 Å². The molecule has 0 atom stereocenters. The van der Waals surface area contributed by atoms with E-state index in [-0.39, 0.29) is 27.9 Å². The van der Waals surface area contributed by atoms with Crippen molar-refractivity contribution in [1.29, 1.82) is 0 Å². The van der Waals surface area contributed by atoms with Crippen molar-refractivity contribution in [2.75, 3.05) is 23.8 Å². The first-order valence-electron chi connectivity index (χ1n) is 10.00. The molecule has 0 saturated carbocycles. The SMILES string of the molecule is CCOc1cc(NC(=O)c2c(F)cccc2Cl)c(OCC)cc1NC(=O)c1ccccc1. The number of amides is 2. The summed E-state index contributed by atoms with van der Waals surface area (Å²) in [7, 11) is 0. The van der Waals surface area contributed by atoms with Crippen LogP contribution >= 0.6 is 11.6 Å². The predicted octanol–water partition coefficient (Wildman–Crippen LogP) is 5.78. The standard InChI is InChI=1S/C24H22ClFN2O4/c1-3-31-20-14-19(28-24(30)22-16(25)11-8-12-17(22)26)21(32-4-2)13-18(20)27-23(29)15-9-6-5-7-10-15/h5-14H,3-4H2,1-2H3,(H,27,29)(H,28,30). The second kappa shape index (κ2) is 10.6. The molecular formula is C24H22ClFN2O4. The molecule has 0 aliphatic rings. The van der Waals surface area contributed by atoms with Crippen LogP contribution in [0.1, 0.15) is 34.6 Å². The van der Waals surface area contributed by atoms with Gasteiger partial charge in [0.25, 0.3) is 11.8 Å². The van der Waals surface area contributed by atoms with Crippen LogP contribution in [0, 0.1) is 5.82 Å². The molecule has 0 bridgehead atoms. The summed E-state index contributed by atoms with van der Waals surface area (Å²) in [6.07, 6.45) is 0. The molecule has 0 heterocycles. The van der Waals surface area contributed by atoms with Crippen molar-refractivity contribution in [3.05, 3.63) is 82.6 Å². The van der Waals surface area contributed by atoms with Gasteiger partial charge in [-0.15, -0.1) is 0 Å². The molecule has 0 radical (unpaired) electrons. The molecule has 0 fully saturated rings. The second-order valence-electron chi connectivity index (χ2n) is 6.58. The third-order valence-electron chi connectivity index (χ3n) is 4.40. The molecule has 3 rings (SSSR count). The van der Waals surface area contributed by atoms with Gasteiger partial charge in [-0.25, -0.2) is 4.39 Å². The maximum absolute atomic E-state index is 14.2. The van der Waals surface area contributed by atoms with E-state index >= 15 is 0 Å². The topological polar surface area (TPSA) is 76.7 Å². The van der Waals surface area contributed by atoms with Gasteiger partial charge in [0.15, 0.2) is 0 Å². The summed E-state index contributed by atoms with van der Waals surface area (Å²) in [5, 5.41) is 5.41. The highest BCUT2D eigenvalue weighted by atomic mass is 35.5. The van der Waals surface area contributed by atoms with Crippen molar-refractivity contribution in [2.45, 2.75) is 13.8 Å². The van der Waals surface area contributed by atoms with Crippen LogP contribution in [0.2, 0.25) is 5.02 Å². The van der Waals surface area contributed by atoms with E-state index in [1.54, 1.807) is 44.2 Å². The van der Waals surface area contributed by atoms with E-state index < -0.39 is 11.7 Å². The van der Waals surface area contributed by atoms with Crippen LogP contribution in [0.25, 0.3) is 0 Å². The summed E-state index contributed by atoms with van der Waals surface area (Å²) < 4.78 is 25.5. The second-order valence-corrected chi connectivity index (χ2v) is 6.99. The Hall–Kier alpha value is -3.58. The van der Waals surface area contributed by atoms with E-state index in [0.717, 1.165) is 6.07 Å². The fourth-order valence-electron chi connectivity index (χ4n) is 2.99. The number of hydrogen-bond donors (Lipinski definition) is 2. The summed E-state index contributed by atoms with van der Waals surface area (Å²) in [6, 6.07) is 15.8. The van der Waals surface area contributed by atoms with E-state index in [2.05, 4.69) is 10.6 Å². The Morgan fingerprint density at radius 3 is 1.94 bits per heavy atom. The Labute approximate surface area is 190 Å². The fraction of sp³-hybridized carbons (Fsp3) is 0.167. The normalized spacial score (nSPS) is 10.4.